The number of ketones is 1. The van der Waals surface area contributed by atoms with Crippen molar-refractivity contribution in [2.75, 3.05) is 40.5 Å². The first-order chi connectivity index (χ1) is 10.1. The smallest absolute Gasteiger partial charge is 0.180 e. The van der Waals surface area contributed by atoms with Gasteiger partial charge in [-0.25, -0.2) is 4.39 Å². The molecular weight excluding hydrogens is 273 g/mol. The minimum atomic E-state index is -0.428. The summed E-state index contributed by atoms with van der Waals surface area (Å²) >= 11 is 0. The van der Waals surface area contributed by atoms with Crippen LogP contribution in [0, 0.1) is 11.7 Å². The number of ether oxygens (including phenoxy) is 2. The summed E-state index contributed by atoms with van der Waals surface area (Å²) in [7, 11) is 3.38. The van der Waals surface area contributed by atoms with Crippen LogP contribution in [0.5, 0.6) is 5.75 Å². The SMILES string of the molecule is COc1ccc(F)cc1C(=O)CN(C)CC1CCCOC1. The molecule has 0 N–H and O–H groups in total. The number of hydrogen-bond donors (Lipinski definition) is 0. The largest absolute Gasteiger partial charge is 0.496 e. The lowest BCUT2D eigenvalue weighted by Gasteiger charge is -2.26. The predicted octanol–water partition coefficient (Wildman–Crippen LogP) is 2.38. The van der Waals surface area contributed by atoms with Gasteiger partial charge in [-0.3, -0.25) is 9.69 Å². The van der Waals surface area contributed by atoms with E-state index in [1.54, 1.807) is 0 Å². The molecule has 1 aliphatic heterocycles. The Morgan fingerprint density at radius 1 is 1.52 bits per heavy atom. The van der Waals surface area contributed by atoms with E-state index in [0.29, 0.717) is 17.2 Å². The molecular formula is C16H22FNO3. The molecule has 1 fully saturated rings. The third-order valence-corrected chi connectivity index (χ3v) is 3.70. The van der Waals surface area contributed by atoms with Crippen LogP contribution in [0.1, 0.15) is 23.2 Å². The van der Waals surface area contributed by atoms with Gasteiger partial charge >= 0.3 is 0 Å². The van der Waals surface area contributed by atoms with E-state index in [1.165, 1.54) is 25.3 Å². The van der Waals surface area contributed by atoms with Gasteiger partial charge < -0.3 is 9.47 Å². The fraction of sp³-hybridized carbons (Fsp3) is 0.562. The van der Waals surface area contributed by atoms with E-state index < -0.39 is 5.82 Å². The zero-order valence-corrected chi connectivity index (χ0v) is 12.6. The molecule has 0 spiro atoms. The number of hydrogen-bond acceptors (Lipinski definition) is 4. The van der Waals surface area contributed by atoms with Gasteiger partial charge in [-0.2, -0.15) is 0 Å². The highest BCUT2D eigenvalue weighted by Gasteiger charge is 2.19. The molecule has 0 amide bonds. The van der Waals surface area contributed by atoms with Crippen molar-refractivity contribution in [3.05, 3.63) is 29.6 Å². The normalized spacial score (nSPS) is 18.8. The van der Waals surface area contributed by atoms with Gasteiger partial charge in [0, 0.05) is 13.2 Å². The summed E-state index contributed by atoms with van der Waals surface area (Å²) in [4.78, 5) is 14.3. The summed E-state index contributed by atoms with van der Waals surface area (Å²) in [6.07, 6.45) is 2.20. The van der Waals surface area contributed by atoms with Crippen molar-refractivity contribution in [3.8, 4) is 5.75 Å². The van der Waals surface area contributed by atoms with Crippen molar-refractivity contribution < 1.29 is 18.7 Å². The Bertz CT molecular complexity index is 486. The number of Topliss-reactive ketones (excluding diaryl/α,β-unsaturated/α-hetero) is 1. The Labute approximate surface area is 124 Å². The summed E-state index contributed by atoms with van der Waals surface area (Å²) in [5.41, 5.74) is 0.296. The van der Waals surface area contributed by atoms with Crippen LogP contribution in [-0.4, -0.2) is 51.1 Å². The van der Waals surface area contributed by atoms with E-state index in [0.717, 1.165) is 32.6 Å². The van der Waals surface area contributed by atoms with E-state index in [1.807, 2.05) is 11.9 Å². The van der Waals surface area contributed by atoms with Crippen LogP contribution in [-0.2, 0) is 4.74 Å². The highest BCUT2D eigenvalue weighted by Crippen LogP contribution is 2.20. The molecule has 116 valence electrons. The number of carbonyl (C=O) groups is 1. The molecule has 0 saturated carbocycles. The Morgan fingerprint density at radius 2 is 2.33 bits per heavy atom. The Hall–Kier alpha value is -1.46. The first kappa shape index (κ1) is 15.9. The molecule has 1 heterocycles. The lowest BCUT2D eigenvalue weighted by molar-refractivity contribution is 0.0416. The van der Waals surface area contributed by atoms with Gasteiger partial charge in [0.1, 0.15) is 11.6 Å². The topological polar surface area (TPSA) is 38.8 Å². The molecule has 5 heteroatoms. The first-order valence-corrected chi connectivity index (χ1v) is 7.23. The standard InChI is InChI=1S/C16H22FNO3/c1-18(9-12-4-3-7-21-11-12)10-15(19)14-8-13(17)5-6-16(14)20-2/h5-6,8,12H,3-4,7,9-11H2,1-2H3. The van der Waals surface area contributed by atoms with Gasteiger partial charge in [0.05, 0.1) is 25.8 Å². The van der Waals surface area contributed by atoms with Crippen molar-refractivity contribution in [2.24, 2.45) is 5.92 Å². The van der Waals surface area contributed by atoms with Crippen molar-refractivity contribution >= 4 is 5.78 Å². The number of nitrogens with zero attached hydrogens (tertiary/aromatic N) is 1. The Morgan fingerprint density at radius 3 is 3.00 bits per heavy atom. The van der Waals surface area contributed by atoms with E-state index in [4.69, 9.17) is 9.47 Å². The number of methoxy groups -OCH3 is 1. The molecule has 1 aromatic carbocycles. The molecule has 0 bridgehead atoms. The molecule has 0 radical (unpaired) electrons. The minimum absolute atomic E-state index is 0.134. The summed E-state index contributed by atoms with van der Waals surface area (Å²) < 4.78 is 23.9. The number of benzene rings is 1. The fourth-order valence-corrected chi connectivity index (χ4v) is 2.69. The van der Waals surface area contributed by atoms with Crippen LogP contribution in [0.2, 0.25) is 0 Å². The van der Waals surface area contributed by atoms with E-state index >= 15 is 0 Å². The van der Waals surface area contributed by atoms with Gasteiger partial charge in [-0.1, -0.05) is 0 Å². The molecule has 0 aromatic heterocycles. The summed E-state index contributed by atoms with van der Waals surface area (Å²) in [6, 6.07) is 4.01. The molecule has 0 aliphatic carbocycles. The van der Waals surface area contributed by atoms with E-state index in [9.17, 15) is 9.18 Å². The summed E-state index contributed by atoms with van der Waals surface area (Å²) in [5, 5.41) is 0. The van der Waals surface area contributed by atoms with E-state index in [-0.39, 0.29) is 12.3 Å². The van der Waals surface area contributed by atoms with Gasteiger partial charge in [0.25, 0.3) is 0 Å². The van der Waals surface area contributed by atoms with Crippen molar-refractivity contribution in [3.63, 3.8) is 0 Å². The second-order valence-corrected chi connectivity index (χ2v) is 5.55. The van der Waals surface area contributed by atoms with Crippen LogP contribution in [0.3, 0.4) is 0 Å². The van der Waals surface area contributed by atoms with Crippen LogP contribution < -0.4 is 4.74 Å². The second kappa shape index (κ2) is 7.52. The average Bonchev–Trinajstić information content (AvgIpc) is 2.48. The molecule has 4 nitrogen and oxygen atoms in total. The van der Waals surface area contributed by atoms with Crippen LogP contribution in [0.15, 0.2) is 18.2 Å². The fourth-order valence-electron chi connectivity index (χ4n) is 2.69. The lowest BCUT2D eigenvalue weighted by atomic mass is 10.0. The Balaban J connectivity index is 1.95. The molecule has 1 unspecified atom stereocenters. The lowest BCUT2D eigenvalue weighted by Crippen LogP contribution is -2.34. The number of likely N-dealkylation sites (N-methyl/N-ethyl adjacent to an activating group) is 1. The minimum Gasteiger partial charge on any atom is -0.496 e. The van der Waals surface area contributed by atoms with Gasteiger partial charge in [-0.05, 0) is 44.0 Å². The number of halogens is 1. The zero-order chi connectivity index (χ0) is 15.2. The summed E-state index contributed by atoms with van der Waals surface area (Å²) in [6.45, 7) is 2.64. The molecule has 1 atom stereocenters. The predicted molar refractivity (Wildman–Crippen MR) is 78.3 cm³/mol. The zero-order valence-electron chi connectivity index (χ0n) is 12.6. The van der Waals surface area contributed by atoms with Crippen LogP contribution in [0.4, 0.5) is 4.39 Å². The Kier molecular flexibility index (Phi) is 5.70. The van der Waals surface area contributed by atoms with Crippen molar-refractivity contribution in [1.82, 2.24) is 4.90 Å². The first-order valence-electron chi connectivity index (χ1n) is 7.23. The van der Waals surface area contributed by atoms with Crippen molar-refractivity contribution in [2.45, 2.75) is 12.8 Å². The molecule has 1 aromatic rings. The summed E-state index contributed by atoms with van der Waals surface area (Å²) in [5.74, 6) is 0.315. The maximum absolute atomic E-state index is 13.3. The van der Waals surface area contributed by atoms with E-state index in [2.05, 4.69) is 0 Å². The molecule has 2 rings (SSSR count). The van der Waals surface area contributed by atoms with Crippen LogP contribution in [0.25, 0.3) is 0 Å². The van der Waals surface area contributed by atoms with Gasteiger partial charge in [0.15, 0.2) is 5.78 Å². The van der Waals surface area contributed by atoms with Gasteiger partial charge in [-0.15, -0.1) is 0 Å². The second-order valence-electron chi connectivity index (χ2n) is 5.55. The molecule has 21 heavy (non-hydrogen) atoms. The monoisotopic (exact) mass is 295 g/mol. The quantitative estimate of drug-likeness (QED) is 0.755. The van der Waals surface area contributed by atoms with Crippen molar-refractivity contribution in [1.29, 1.82) is 0 Å². The third-order valence-electron chi connectivity index (χ3n) is 3.70. The average molecular weight is 295 g/mol. The number of carbonyl (C=O) groups excluding carboxylic acids is 1. The number of rotatable bonds is 6. The maximum atomic E-state index is 13.3. The highest BCUT2D eigenvalue weighted by atomic mass is 19.1. The van der Waals surface area contributed by atoms with Crippen LogP contribution >= 0.6 is 0 Å². The molecule has 1 aliphatic rings. The highest BCUT2D eigenvalue weighted by molar-refractivity contribution is 6.00. The maximum Gasteiger partial charge on any atom is 0.180 e. The molecule has 1 saturated heterocycles. The third kappa shape index (κ3) is 4.51. The van der Waals surface area contributed by atoms with Gasteiger partial charge in [0.2, 0.25) is 0 Å².